The number of carbonyl (C=O) groups is 7. The molecule has 4 saturated carbocycles. The molecule has 4 rings (SSSR count). The fourth-order valence-electron chi connectivity index (χ4n) is 11.4. The second-order valence-corrected chi connectivity index (χ2v) is 24.1. The van der Waals surface area contributed by atoms with Gasteiger partial charge in [-0.3, -0.25) is 33.6 Å². The highest BCUT2D eigenvalue weighted by molar-refractivity contribution is 8.13. The standard InChI is InChI=1S/C60H102N2O13S/c1-61(2)40-21-43-76-60(69)62(41-19-7-17-30-58(67)74-52(44-70-54(63)36-32-48-22-9-3-10-23-48)45-71-55(64)37-33-49-24-11-4-12-25-49)42-20-8-18-31-59(68)75-53(46-72-56(65)38-34-50-26-13-5-14-27-50)47-73-57(66)39-35-51-28-15-6-16-29-51/h48-53H,3-47H2,1-2H3. The van der Waals surface area contributed by atoms with E-state index in [1.165, 1.54) is 88.8 Å². The van der Waals surface area contributed by atoms with Crippen molar-refractivity contribution in [3.8, 4) is 0 Å². The Kier molecular flexibility index (Phi) is 34.9. The van der Waals surface area contributed by atoms with Gasteiger partial charge >= 0.3 is 35.8 Å². The Balaban J connectivity index is 1.19. The highest BCUT2D eigenvalue weighted by Gasteiger charge is 2.25. The van der Waals surface area contributed by atoms with Crippen LogP contribution in [0.1, 0.15) is 238 Å². The monoisotopic (exact) mass is 1090 g/mol. The first-order chi connectivity index (χ1) is 36.9. The average molecular weight is 1090 g/mol. The number of hydrogen-bond acceptors (Lipinski definition) is 15. The van der Waals surface area contributed by atoms with Gasteiger partial charge in [0.2, 0.25) is 0 Å². The molecule has 16 heteroatoms. The highest BCUT2D eigenvalue weighted by Crippen LogP contribution is 2.30. The van der Waals surface area contributed by atoms with Crippen LogP contribution in [-0.4, -0.2) is 129 Å². The van der Waals surface area contributed by atoms with Gasteiger partial charge in [0, 0.05) is 57.4 Å². The van der Waals surface area contributed by atoms with E-state index in [9.17, 15) is 33.6 Å². The molecule has 0 aliphatic heterocycles. The van der Waals surface area contributed by atoms with E-state index in [2.05, 4.69) is 4.90 Å². The number of thioether (sulfide) groups is 1. The number of esters is 6. The first-order valence-corrected chi connectivity index (χ1v) is 31.5. The summed E-state index contributed by atoms with van der Waals surface area (Å²) in [7, 11) is 4.02. The van der Waals surface area contributed by atoms with Crippen molar-refractivity contribution in [1.29, 1.82) is 0 Å². The number of amides is 1. The lowest BCUT2D eigenvalue weighted by Gasteiger charge is -2.23. The Morgan fingerprint density at radius 1 is 0.382 bits per heavy atom. The summed E-state index contributed by atoms with van der Waals surface area (Å²) in [5.41, 5.74) is 0. The van der Waals surface area contributed by atoms with Gasteiger partial charge in [0.1, 0.15) is 26.4 Å². The average Bonchev–Trinajstić information content (AvgIpc) is 3.43. The predicted molar refractivity (Wildman–Crippen MR) is 296 cm³/mol. The Labute approximate surface area is 462 Å². The maximum Gasteiger partial charge on any atom is 0.306 e. The molecule has 1 amide bonds. The fourth-order valence-corrected chi connectivity index (χ4v) is 12.2. The van der Waals surface area contributed by atoms with Crippen molar-refractivity contribution in [1.82, 2.24) is 9.80 Å². The molecular weight excluding hydrogens is 989 g/mol. The number of rotatable bonds is 38. The summed E-state index contributed by atoms with van der Waals surface area (Å²) in [4.78, 5) is 94.6. The molecule has 0 spiro atoms. The third-order valence-corrected chi connectivity index (χ3v) is 17.1. The smallest absolute Gasteiger partial charge is 0.306 e. The zero-order valence-electron chi connectivity index (χ0n) is 47.4. The van der Waals surface area contributed by atoms with Crippen LogP contribution in [0.2, 0.25) is 0 Å². The number of nitrogens with zero attached hydrogens (tertiary/aromatic N) is 2. The van der Waals surface area contributed by atoms with Crippen LogP contribution >= 0.6 is 11.8 Å². The van der Waals surface area contributed by atoms with Gasteiger partial charge in [0.15, 0.2) is 12.2 Å². The maximum atomic E-state index is 13.5. The van der Waals surface area contributed by atoms with Gasteiger partial charge in [-0.2, -0.15) is 0 Å². The van der Waals surface area contributed by atoms with Gasteiger partial charge in [0.05, 0.1) is 0 Å². The molecule has 0 atom stereocenters. The summed E-state index contributed by atoms with van der Waals surface area (Å²) in [5.74, 6) is 0.631. The van der Waals surface area contributed by atoms with E-state index in [1.807, 2.05) is 19.0 Å². The van der Waals surface area contributed by atoms with Gasteiger partial charge in [-0.05, 0) is 102 Å². The van der Waals surface area contributed by atoms with Crippen LogP contribution in [0.15, 0.2) is 0 Å². The minimum atomic E-state index is -0.888. The van der Waals surface area contributed by atoms with Gasteiger partial charge in [0.25, 0.3) is 5.24 Å². The van der Waals surface area contributed by atoms with Crippen molar-refractivity contribution >= 4 is 52.8 Å². The zero-order valence-corrected chi connectivity index (χ0v) is 48.2. The van der Waals surface area contributed by atoms with Crippen LogP contribution < -0.4 is 0 Å². The van der Waals surface area contributed by atoms with E-state index in [0.717, 1.165) is 90.0 Å². The summed E-state index contributed by atoms with van der Waals surface area (Å²) in [6.07, 6.45) is 31.3. The van der Waals surface area contributed by atoms with E-state index in [-0.39, 0.29) is 68.4 Å². The Hall–Kier alpha value is -3.40. The number of hydrogen-bond donors (Lipinski definition) is 0. The molecule has 4 aliphatic rings. The van der Waals surface area contributed by atoms with E-state index < -0.39 is 24.1 Å². The third-order valence-electron chi connectivity index (χ3n) is 16.1. The van der Waals surface area contributed by atoms with Gasteiger partial charge < -0.3 is 38.2 Å². The number of ether oxygens (including phenoxy) is 6. The van der Waals surface area contributed by atoms with Crippen molar-refractivity contribution in [3.63, 3.8) is 0 Å². The quantitative estimate of drug-likeness (QED) is 0.0323. The minimum Gasteiger partial charge on any atom is -0.462 e. The van der Waals surface area contributed by atoms with E-state index in [4.69, 9.17) is 28.4 Å². The van der Waals surface area contributed by atoms with Crippen molar-refractivity contribution in [2.75, 3.05) is 65.9 Å². The molecule has 4 aliphatic carbocycles. The van der Waals surface area contributed by atoms with Gasteiger partial charge in [-0.15, -0.1) is 0 Å². The Morgan fingerprint density at radius 2 is 0.697 bits per heavy atom. The lowest BCUT2D eigenvalue weighted by atomic mass is 9.86. The zero-order chi connectivity index (χ0) is 54.4. The fraction of sp³-hybridized carbons (Fsp3) is 0.883. The topological polar surface area (TPSA) is 181 Å². The van der Waals surface area contributed by atoms with Crippen LogP contribution in [0, 0.1) is 23.7 Å². The van der Waals surface area contributed by atoms with Crippen molar-refractivity contribution in [3.05, 3.63) is 0 Å². The van der Waals surface area contributed by atoms with Crippen LogP contribution in [0.3, 0.4) is 0 Å². The first kappa shape index (κ1) is 65.1. The van der Waals surface area contributed by atoms with Crippen LogP contribution in [0.5, 0.6) is 0 Å². The lowest BCUT2D eigenvalue weighted by Crippen LogP contribution is -2.31. The molecule has 15 nitrogen and oxygen atoms in total. The summed E-state index contributed by atoms with van der Waals surface area (Å²) in [6.45, 7) is 1.28. The SMILES string of the molecule is CN(C)CCCSC(=O)N(CCCCCC(=O)OC(COC(=O)CCC1CCCCC1)COC(=O)CCC1CCCCC1)CCCCCC(=O)OC(COC(=O)CCC1CCCCC1)COC(=O)CCC1CCCCC1. The minimum absolute atomic E-state index is 0.00594. The van der Waals surface area contributed by atoms with Gasteiger partial charge in [-0.1, -0.05) is 153 Å². The van der Waals surface area contributed by atoms with Crippen LogP contribution in [0.4, 0.5) is 4.79 Å². The second kappa shape index (κ2) is 40.7. The lowest BCUT2D eigenvalue weighted by molar-refractivity contribution is -0.167. The molecule has 0 radical (unpaired) electrons. The van der Waals surface area contributed by atoms with Gasteiger partial charge in [-0.25, -0.2) is 0 Å². The molecular formula is C60H102N2O13S. The molecule has 436 valence electrons. The largest absolute Gasteiger partial charge is 0.462 e. The molecule has 0 aromatic heterocycles. The number of carbonyl (C=O) groups excluding carboxylic acids is 7. The van der Waals surface area contributed by atoms with Crippen molar-refractivity contribution in [2.45, 2.75) is 250 Å². The molecule has 0 bridgehead atoms. The third kappa shape index (κ3) is 31.9. The predicted octanol–water partition coefficient (Wildman–Crippen LogP) is 12.7. The Bertz CT molecular complexity index is 1460. The molecule has 76 heavy (non-hydrogen) atoms. The molecule has 0 unspecified atom stereocenters. The summed E-state index contributed by atoms with van der Waals surface area (Å²) in [6, 6.07) is 0. The van der Waals surface area contributed by atoms with E-state index >= 15 is 0 Å². The van der Waals surface area contributed by atoms with Crippen molar-refractivity contribution < 1.29 is 62.0 Å². The van der Waals surface area contributed by atoms with Crippen LogP contribution in [-0.2, 0) is 57.2 Å². The first-order valence-electron chi connectivity index (χ1n) is 30.5. The van der Waals surface area contributed by atoms with Crippen LogP contribution in [0.25, 0.3) is 0 Å². The molecule has 0 aromatic rings. The summed E-state index contributed by atoms with van der Waals surface area (Å²) < 4.78 is 33.8. The van der Waals surface area contributed by atoms with Crippen molar-refractivity contribution in [2.24, 2.45) is 23.7 Å². The van der Waals surface area contributed by atoms with E-state index in [1.54, 1.807) is 0 Å². The second-order valence-electron chi connectivity index (χ2n) is 23.0. The number of unbranched alkanes of at least 4 members (excludes halogenated alkanes) is 4. The molecule has 0 saturated heterocycles. The normalized spacial score (nSPS) is 17.1. The van der Waals surface area contributed by atoms with E-state index in [0.29, 0.717) is 107 Å². The molecule has 4 fully saturated rings. The highest BCUT2D eigenvalue weighted by atomic mass is 32.2. The molecule has 0 aromatic carbocycles. The Morgan fingerprint density at radius 3 is 1.00 bits per heavy atom. The summed E-state index contributed by atoms with van der Waals surface area (Å²) in [5, 5.41) is 0.00594. The molecule has 0 N–H and O–H groups in total. The maximum absolute atomic E-state index is 13.5. The molecule has 0 heterocycles. The summed E-state index contributed by atoms with van der Waals surface area (Å²) >= 11 is 1.31.